The summed E-state index contributed by atoms with van der Waals surface area (Å²) in [4.78, 5) is 57.3. The maximum Gasteiger partial charge on any atom is 0.328 e. The summed E-state index contributed by atoms with van der Waals surface area (Å²) in [5.41, 5.74) is 17.8. The SMILES string of the molecule is CC(O)C(NC(=O)C(CCCN=C(N)N)NC(=O)C(Cc1c[nH]c2ccccc12)NC(=O)C(N)CO)C(=O)O. The fraction of sp³-hybridized carbons (Fsp3) is 0.458. The van der Waals surface area contributed by atoms with Gasteiger partial charge in [-0.25, -0.2) is 4.79 Å². The second kappa shape index (κ2) is 14.7. The zero-order valence-electron chi connectivity index (χ0n) is 21.5. The molecule has 2 rings (SSSR count). The number of nitrogens with zero attached hydrogens (tertiary/aromatic N) is 1. The van der Waals surface area contributed by atoms with Crippen LogP contribution in [0.1, 0.15) is 25.3 Å². The summed E-state index contributed by atoms with van der Waals surface area (Å²) >= 11 is 0. The number of aromatic nitrogens is 1. The Labute approximate surface area is 224 Å². The first-order valence-electron chi connectivity index (χ1n) is 12.2. The first kappa shape index (κ1) is 31.0. The molecule has 0 aliphatic heterocycles. The van der Waals surface area contributed by atoms with E-state index in [1.165, 1.54) is 6.92 Å². The van der Waals surface area contributed by atoms with E-state index in [1.54, 1.807) is 6.20 Å². The number of aliphatic hydroxyl groups is 2. The molecule has 0 radical (unpaired) electrons. The third-order valence-electron chi connectivity index (χ3n) is 5.89. The summed E-state index contributed by atoms with van der Waals surface area (Å²) < 4.78 is 0. The molecule has 2 aromatic rings. The van der Waals surface area contributed by atoms with E-state index < -0.39 is 60.6 Å². The van der Waals surface area contributed by atoms with Gasteiger partial charge in [-0.3, -0.25) is 19.4 Å². The van der Waals surface area contributed by atoms with Gasteiger partial charge in [-0.1, -0.05) is 18.2 Å². The lowest BCUT2D eigenvalue weighted by Gasteiger charge is -2.25. The fourth-order valence-electron chi connectivity index (χ4n) is 3.78. The predicted molar refractivity (Wildman–Crippen MR) is 142 cm³/mol. The van der Waals surface area contributed by atoms with E-state index in [9.17, 15) is 34.5 Å². The van der Waals surface area contributed by atoms with Crippen molar-refractivity contribution in [2.24, 2.45) is 22.2 Å². The Kier molecular flexibility index (Phi) is 11.7. The average Bonchev–Trinajstić information content (AvgIpc) is 3.29. The number of nitrogens with one attached hydrogen (secondary N) is 4. The number of benzene rings is 1. The van der Waals surface area contributed by atoms with Gasteiger partial charge < -0.3 is 53.5 Å². The largest absolute Gasteiger partial charge is 0.480 e. The van der Waals surface area contributed by atoms with Gasteiger partial charge in [-0.05, 0) is 31.4 Å². The van der Waals surface area contributed by atoms with Crippen LogP contribution in [-0.2, 0) is 25.6 Å². The highest BCUT2D eigenvalue weighted by molar-refractivity contribution is 5.95. The van der Waals surface area contributed by atoms with Gasteiger partial charge in [0.05, 0.1) is 12.7 Å². The number of carboxylic acids is 1. The molecule has 214 valence electrons. The molecule has 5 unspecified atom stereocenters. The van der Waals surface area contributed by atoms with Crippen molar-refractivity contribution in [2.75, 3.05) is 13.2 Å². The highest BCUT2D eigenvalue weighted by Gasteiger charge is 2.32. The van der Waals surface area contributed by atoms with Gasteiger partial charge in [0, 0.05) is 30.1 Å². The van der Waals surface area contributed by atoms with Crippen LogP contribution in [-0.4, -0.2) is 93.4 Å². The molecule has 0 saturated heterocycles. The first-order valence-corrected chi connectivity index (χ1v) is 12.2. The number of carboxylic acid groups (broad SMARTS) is 1. The molecule has 5 atom stereocenters. The molecular formula is C24H36N8O7. The lowest BCUT2D eigenvalue weighted by atomic mass is 10.0. The Bertz CT molecular complexity index is 1180. The van der Waals surface area contributed by atoms with Crippen LogP contribution in [0.2, 0.25) is 0 Å². The molecule has 13 N–H and O–H groups in total. The van der Waals surface area contributed by atoms with Crippen LogP contribution in [0, 0.1) is 0 Å². The molecule has 0 bridgehead atoms. The number of nitrogens with two attached hydrogens (primary N) is 3. The fourth-order valence-corrected chi connectivity index (χ4v) is 3.78. The van der Waals surface area contributed by atoms with E-state index in [4.69, 9.17) is 17.2 Å². The molecule has 1 aromatic heterocycles. The number of hydrogen-bond donors (Lipinski definition) is 10. The lowest BCUT2D eigenvalue weighted by Crippen LogP contribution is -2.58. The van der Waals surface area contributed by atoms with Crippen molar-refractivity contribution in [1.29, 1.82) is 0 Å². The summed E-state index contributed by atoms with van der Waals surface area (Å²) in [6.07, 6.45) is 0.510. The van der Waals surface area contributed by atoms with Crippen molar-refractivity contribution in [3.8, 4) is 0 Å². The zero-order chi connectivity index (χ0) is 29.1. The van der Waals surface area contributed by atoms with E-state index in [0.717, 1.165) is 10.9 Å². The maximum absolute atomic E-state index is 13.4. The first-order chi connectivity index (χ1) is 18.4. The Morgan fingerprint density at radius 1 is 1.03 bits per heavy atom. The molecule has 3 amide bonds. The number of hydrogen-bond acceptors (Lipinski definition) is 8. The van der Waals surface area contributed by atoms with E-state index in [-0.39, 0.29) is 31.8 Å². The van der Waals surface area contributed by atoms with E-state index in [2.05, 4.69) is 25.9 Å². The summed E-state index contributed by atoms with van der Waals surface area (Å²) in [6, 6.07) is 1.93. The van der Waals surface area contributed by atoms with E-state index >= 15 is 0 Å². The number of aromatic amines is 1. The third-order valence-corrected chi connectivity index (χ3v) is 5.89. The van der Waals surface area contributed by atoms with Gasteiger partial charge in [0.2, 0.25) is 17.7 Å². The van der Waals surface area contributed by atoms with Crippen molar-refractivity contribution in [3.05, 3.63) is 36.0 Å². The van der Waals surface area contributed by atoms with Crippen molar-refractivity contribution >= 4 is 40.6 Å². The monoisotopic (exact) mass is 548 g/mol. The highest BCUT2D eigenvalue weighted by atomic mass is 16.4. The number of aliphatic hydroxyl groups excluding tert-OH is 2. The summed E-state index contributed by atoms with van der Waals surface area (Å²) in [5, 5.41) is 36.4. The number of rotatable bonds is 15. The molecule has 0 aliphatic carbocycles. The molecule has 0 spiro atoms. The second-order valence-electron chi connectivity index (χ2n) is 8.99. The van der Waals surface area contributed by atoms with Crippen LogP contribution in [0.5, 0.6) is 0 Å². The molecule has 0 fully saturated rings. The maximum atomic E-state index is 13.4. The van der Waals surface area contributed by atoms with Gasteiger partial charge >= 0.3 is 5.97 Å². The van der Waals surface area contributed by atoms with Gasteiger partial charge in [-0.15, -0.1) is 0 Å². The average molecular weight is 549 g/mol. The van der Waals surface area contributed by atoms with Crippen molar-refractivity contribution < 1.29 is 34.5 Å². The molecule has 1 aromatic carbocycles. The minimum absolute atomic E-state index is 0.00437. The lowest BCUT2D eigenvalue weighted by molar-refractivity contribution is -0.145. The van der Waals surface area contributed by atoms with Crippen molar-refractivity contribution in [2.45, 2.75) is 56.5 Å². The zero-order valence-corrected chi connectivity index (χ0v) is 21.5. The third kappa shape index (κ3) is 9.24. The van der Waals surface area contributed by atoms with Crippen LogP contribution in [0.4, 0.5) is 0 Å². The molecule has 1 heterocycles. The molecule has 15 nitrogen and oxygen atoms in total. The summed E-state index contributed by atoms with van der Waals surface area (Å²) in [5.74, 6) is -4.05. The highest BCUT2D eigenvalue weighted by Crippen LogP contribution is 2.19. The number of H-pyrrole nitrogens is 1. The normalized spacial score (nSPS) is 14.9. The number of amides is 3. The number of para-hydroxylation sites is 1. The van der Waals surface area contributed by atoms with Crippen LogP contribution < -0.4 is 33.2 Å². The number of carbonyl (C=O) groups is 4. The topological polar surface area (TPSA) is 271 Å². The molecule has 39 heavy (non-hydrogen) atoms. The summed E-state index contributed by atoms with van der Waals surface area (Å²) in [7, 11) is 0. The Balaban J connectivity index is 2.30. The van der Waals surface area contributed by atoms with Crippen LogP contribution in [0.3, 0.4) is 0 Å². The quantitative estimate of drug-likeness (QED) is 0.0612. The van der Waals surface area contributed by atoms with Gasteiger partial charge in [0.1, 0.15) is 18.1 Å². The Morgan fingerprint density at radius 2 is 1.67 bits per heavy atom. The van der Waals surface area contributed by atoms with Crippen LogP contribution in [0.15, 0.2) is 35.5 Å². The second-order valence-corrected chi connectivity index (χ2v) is 8.99. The van der Waals surface area contributed by atoms with Crippen molar-refractivity contribution in [3.63, 3.8) is 0 Å². The minimum Gasteiger partial charge on any atom is -0.480 e. The molecule has 0 aliphatic rings. The summed E-state index contributed by atoms with van der Waals surface area (Å²) in [6.45, 7) is 0.670. The number of aliphatic carboxylic acids is 1. The molecule has 0 saturated carbocycles. The molecule has 15 heteroatoms. The van der Waals surface area contributed by atoms with Crippen LogP contribution in [0.25, 0.3) is 10.9 Å². The van der Waals surface area contributed by atoms with Gasteiger partial charge in [-0.2, -0.15) is 0 Å². The Hall–Kier alpha value is -4.21. The standard InChI is InChI=1S/C24H36N8O7/c1-12(34)19(23(38)39)32-21(36)17(7-4-8-28-24(26)27)30-22(37)18(31-20(35)15(25)11-33)9-13-10-29-16-6-3-2-5-14(13)16/h2-3,5-6,10,12,15,17-19,29,33-34H,4,7-9,11,25H2,1H3,(H,30,37)(H,31,35)(H,32,36)(H,38,39)(H4,26,27,28). The van der Waals surface area contributed by atoms with E-state index in [0.29, 0.717) is 5.56 Å². The van der Waals surface area contributed by atoms with Gasteiger partial charge in [0.25, 0.3) is 0 Å². The smallest absolute Gasteiger partial charge is 0.328 e. The Morgan fingerprint density at radius 3 is 2.28 bits per heavy atom. The van der Waals surface area contributed by atoms with Crippen LogP contribution >= 0.6 is 0 Å². The van der Waals surface area contributed by atoms with E-state index in [1.807, 2.05) is 24.3 Å². The van der Waals surface area contributed by atoms with Crippen molar-refractivity contribution in [1.82, 2.24) is 20.9 Å². The van der Waals surface area contributed by atoms with Gasteiger partial charge in [0.15, 0.2) is 12.0 Å². The minimum atomic E-state index is -1.63. The number of aliphatic imine (C=N–C) groups is 1. The number of fused-ring (bicyclic) bond motifs is 1. The molecular weight excluding hydrogens is 512 g/mol. The predicted octanol–water partition coefficient (Wildman–Crippen LogP) is -3.00. The number of carbonyl (C=O) groups excluding carboxylic acids is 3. The number of guanidine groups is 1.